The molecule has 1 aromatic heterocycles. The van der Waals surface area contributed by atoms with Crippen molar-refractivity contribution in [3.05, 3.63) is 53.2 Å². The summed E-state index contributed by atoms with van der Waals surface area (Å²) < 4.78 is 0. The van der Waals surface area contributed by atoms with Gasteiger partial charge in [-0.25, -0.2) is 4.98 Å². The first-order valence-electron chi connectivity index (χ1n) is 4.94. The Morgan fingerprint density at radius 3 is 2.81 bits per heavy atom. The molecule has 1 heterocycles. The van der Waals surface area contributed by atoms with Crippen molar-refractivity contribution in [1.29, 1.82) is 0 Å². The number of nitrogen functional groups attached to an aromatic ring is 1. The second-order valence-corrected chi connectivity index (χ2v) is 3.89. The predicted octanol–water partition coefficient (Wildman–Crippen LogP) is 2.93. The fraction of sp³-hybridized carbons (Fsp3) is 0.0833. The summed E-state index contributed by atoms with van der Waals surface area (Å²) >= 11 is 5.88. The maximum absolute atomic E-state index is 5.88. The van der Waals surface area contributed by atoms with E-state index in [1.165, 1.54) is 0 Å². The van der Waals surface area contributed by atoms with Crippen molar-refractivity contribution in [2.24, 2.45) is 0 Å². The van der Waals surface area contributed by atoms with Crippen LogP contribution in [0.2, 0.25) is 5.02 Å². The molecule has 0 radical (unpaired) electrons. The summed E-state index contributed by atoms with van der Waals surface area (Å²) in [5.41, 5.74) is 7.57. The molecule has 3 nitrogen and oxygen atoms in total. The van der Waals surface area contributed by atoms with Gasteiger partial charge in [0, 0.05) is 23.5 Å². The molecule has 0 unspecified atom stereocenters. The van der Waals surface area contributed by atoms with E-state index in [1.807, 2.05) is 30.3 Å². The third-order valence-electron chi connectivity index (χ3n) is 2.17. The van der Waals surface area contributed by atoms with Crippen LogP contribution in [0.1, 0.15) is 5.56 Å². The Morgan fingerprint density at radius 2 is 2.12 bits per heavy atom. The summed E-state index contributed by atoms with van der Waals surface area (Å²) in [5.74, 6) is 0.534. The van der Waals surface area contributed by atoms with Crippen molar-refractivity contribution in [3.63, 3.8) is 0 Å². The van der Waals surface area contributed by atoms with Gasteiger partial charge in [0.15, 0.2) is 0 Å². The van der Waals surface area contributed by atoms with Crippen LogP contribution in [0.5, 0.6) is 0 Å². The second kappa shape index (κ2) is 4.86. The van der Waals surface area contributed by atoms with Gasteiger partial charge in [-0.05, 0) is 29.8 Å². The van der Waals surface area contributed by atoms with Crippen LogP contribution in [-0.2, 0) is 6.54 Å². The minimum Gasteiger partial charge on any atom is -0.384 e. The molecule has 0 bridgehead atoms. The van der Waals surface area contributed by atoms with Crippen molar-refractivity contribution in [2.45, 2.75) is 6.54 Å². The van der Waals surface area contributed by atoms with Crippen LogP contribution in [0.4, 0.5) is 11.5 Å². The zero-order valence-corrected chi connectivity index (χ0v) is 9.41. The predicted molar refractivity (Wildman–Crippen MR) is 67.4 cm³/mol. The van der Waals surface area contributed by atoms with E-state index in [-0.39, 0.29) is 0 Å². The largest absolute Gasteiger partial charge is 0.384 e. The van der Waals surface area contributed by atoms with Gasteiger partial charge in [-0.15, -0.1) is 0 Å². The Morgan fingerprint density at radius 1 is 1.25 bits per heavy atom. The molecule has 0 saturated carbocycles. The standard InChI is InChI=1S/C12H12ClN3/c13-10-2-1-3-11(6-10)15-7-9-4-5-12(14)16-8-9/h1-6,8,15H,7H2,(H2,14,16). The lowest BCUT2D eigenvalue weighted by molar-refractivity contribution is 1.12. The molecule has 16 heavy (non-hydrogen) atoms. The SMILES string of the molecule is Nc1ccc(CNc2cccc(Cl)c2)cn1. The smallest absolute Gasteiger partial charge is 0.123 e. The molecule has 0 aliphatic heterocycles. The monoisotopic (exact) mass is 233 g/mol. The van der Waals surface area contributed by atoms with Gasteiger partial charge in [0.2, 0.25) is 0 Å². The molecule has 0 saturated heterocycles. The normalized spacial score (nSPS) is 10.1. The van der Waals surface area contributed by atoms with Crippen LogP contribution in [0, 0.1) is 0 Å². The lowest BCUT2D eigenvalue weighted by atomic mass is 10.2. The summed E-state index contributed by atoms with van der Waals surface area (Å²) in [6.07, 6.45) is 1.76. The number of benzene rings is 1. The maximum atomic E-state index is 5.88. The number of rotatable bonds is 3. The lowest BCUT2D eigenvalue weighted by Gasteiger charge is -2.06. The molecule has 2 aromatic rings. The van der Waals surface area contributed by atoms with E-state index < -0.39 is 0 Å². The second-order valence-electron chi connectivity index (χ2n) is 3.46. The van der Waals surface area contributed by atoms with E-state index in [4.69, 9.17) is 17.3 Å². The maximum Gasteiger partial charge on any atom is 0.123 e. The molecular formula is C12H12ClN3. The summed E-state index contributed by atoms with van der Waals surface area (Å²) in [5, 5.41) is 3.98. The van der Waals surface area contributed by atoms with E-state index in [2.05, 4.69) is 10.3 Å². The van der Waals surface area contributed by atoms with E-state index in [1.54, 1.807) is 12.3 Å². The number of pyridine rings is 1. The van der Waals surface area contributed by atoms with Gasteiger partial charge in [-0.3, -0.25) is 0 Å². The van der Waals surface area contributed by atoms with Crippen molar-refractivity contribution >= 4 is 23.1 Å². The summed E-state index contributed by atoms with van der Waals surface area (Å²) in [7, 11) is 0. The van der Waals surface area contributed by atoms with Gasteiger partial charge in [-0.1, -0.05) is 23.7 Å². The van der Waals surface area contributed by atoms with Crippen molar-refractivity contribution in [1.82, 2.24) is 4.98 Å². The molecular weight excluding hydrogens is 222 g/mol. The van der Waals surface area contributed by atoms with E-state index in [0.29, 0.717) is 12.4 Å². The van der Waals surface area contributed by atoms with E-state index in [9.17, 15) is 0 Å². The zero-order chi connectivity index (χ0) is 11.4. The first kappa shape index (κ1) is 10.8. The highest BCUT2D eigenvalue weighted by molar-refractivity contribution is 6.30. The molecule has 4 heteroatoms. The highest BCUT2D eigenvalue weighted by atomic mass is 35.5. The van der Waals surface area contributed by atoms with Crippen LogP contribution in [0.25, 0.3) is 0 Å². The average Bonchev–Trinajstić information content (AvgIpc) is 2.28. The minimum absolute atomic E-state index is 0.534. The fourth-order valence-electron chi connectivity index (χ4n) is 1.34. The first-order chi connectivity index (χ1) is 7.74. The Hall–Kier alpha value is -1.74. The quantitative estimate of drug-likeness (QED) is 0.857. The number of halogens is 1. The first-order valence-corrected chi connectivity index (χ1v) is 5.32. The van der Waals surface area contributed by atoms with Crippen LogP contribution < -0.4 is 11.1 Å². The van der Waals surface area contributed by atoms with Crippen molar-refractivity contribution < 1.29 is 0 Å². The molecule has 3 N–H and O–H groups in total. The number of nitrogens with zero attached hydrogens (tertiary/aromatic N) is 1. The molecule has 0 amide bonds. The van der Waals surface area contributed by atoms with Gasteiger partial charge in [0.1, 0.15) is 5.82 Å². The molecule has 0 aliphatic rings. The van der Waals surface area contributed by atoms with Crippen LogP contribution >= 0.6 is 11.6 Å². The van der Waals surface area contributed by atoms with Crippen LogP contribution in [-0.4, -0.2) is 4.98 Å². The van der Waals surface area contributed by atoms with Crippen molar-refractivity contribution in [2.75, 3.05) is 11.1 Å². The highest BCUT2D eigenvalue weighted by Gasteiger charge is 1.95. The van der Waals surface area contributed by atoms with Gasteiger partial charge in [0.05, 0.1) is 0 Å². The molecule has 1 aromatic carbocycles. The molecule has 0 atom stereocenters. The third-order valence-corrected chi connectivity index (χ3v) is 2.40. The fourth-order valence-corrected chi connectivity index (χ4v) is 1.53. The zero-order valence-electron chi connectivity index (χ0n) is 8.65. The molecule has 0 aliphatic carbocycles. The molecule has 0 spiro atoms. The summed E-state index contributed by atoms with van der Waals surface area (Å²) in [6.45, 7) is 0.702. The molecule has 82 valence electrons. The molecule has 0 fully saturated rings. The number of aromatic nitrogens is 1. The van der Waals surface area contributed by atoms with Crippen LogP contribution in [0.3, 0.4) is 0 Å². The van der Waals surface area contributed by atoms with Gasteiger partial charge < -0.3 is 11.1 Å². The van der Waals surface area contributed by atoms with E-state index in [0.717, 1.165) is 16.3 Å². The minimum atomic E-state index is 0.534. The number of hydrogen-bond acceptors (Lipinski definition) is 3. The summed E-state index contributed by atoms with van der Waals surface area (Å²) in [4.78, 5) is 4.02. The van der Waals surface area contributed by atoms with Gasteiger partial charge >= 0.3 is 0 Å². The number of hydrogen-bond donors (Lipinski definition) is 2. The third kappa shape index (κ3) is 2.87. The van der Waals surface area contributed by atoms with E-state index >= 15 is 0 Å². The molecule has 2 rings (SSSR count). The Labute approximate surface area is 99.3 Å². The lowest BCUT2D eigenvalue weighted by Crippen LogP contribution is -2.00. The van der Waals surface area contributed by atoms with Crippen molar-refractivity contribution in [3.8, 4) is 0 Å². The number of nitrogens with two attached hydrogens (primary N) is 1. The van der Waals surface area contributed by atoms with Crippen LogP contribution in [0.15, 0.2) is 42.6 Å². The summed E-state index contributed by atoms with van der Waals surface area (Å²) in [6, 6.07) is 11.3. The average molecular weight is 234 g/mol. The topological polar surface area (TPSA) is 50.9 Å². The van der Waals surface area contributed by atoms with Gasteiger partial charge in [0.25, 0.3) is 0 Å². The number of anilines is 2. The number of nitrogens with one attached hydrogen (secondary N) is 1. The van der Waals surface area contributed by atoms with Gasteiger partial charge in [-0.2, -0.15) is 0 Å². The Bertz CT molecular complexity index is 468. The Kier molecular flexibility index (Phi) is 3.27. The Balaban J connectivity index is 1.99. The highest BCUT2D eigenvalue weighted by Crippen LogP contribution is 2.15.